The van der Waals surface area contributed by atoms with Crippen molar-refractivity contribution in [3.05, 3.63) is 35.9 Å². The van der Waals surface area contributed by atoms with E-state index in [9.17, 15) is 8.42 Å². The molecule has 112 valence electrons. The van der Waals surface area contributed by atoms with Crippen molar-refractivity contribution in [2.75, 3.05) is 25.4 Å². The second kappa shape index (κ2) is 7.17. The predicted molar refractivity (Wildman–Crippen MR) is 78.7 cm³/mol. The van der Waals surface area contributed by atoms with E-state index in [-0.39, 0.29) is 24.9 Å². The fraction of sp³-hybridized carbons (Fsp3) is 0.571. The highest BCUT2D eigenvalue weighted by Crippen LogP contribution is 2.14. The van der Waals surface area contributed by atoms with Crippen LogP contribution < -0.4 is 5.32 Å². The number of rotatable bonds is 7. The Hall–Kier alpha value is -0.950. The highest BCUT2D eigenvalue weighted by molar-refractivity contribution is 7.89. The molecule has 0 aromatic heterocycles. The van der Waals surface area contributed by atoms with E-state index in [1.54, 1.807) is 0 Å². The first-order valence-electron chi connectivity index (χ1n) is 6.98. The third kappa shape index (κ3) is 4.28. The average Bonchev–Trinajstić information content (AvgIpc) is 2.91. The summed E-state index contributed by atoms with van der Waals surface area (Å²) >= 11 is 0. The molecule has 0 saturated carbocycles. The van der Waals surface area contributed by atoms with Crippen LogP contribution in [0.2, 0.25) is 0 Å². The van der Waals surface area contributed by atoms with Crippen LogP contribution in [0.25, 0.3) is 0 Å². The number of benzene rings is 1. The fourth-order valence-electron chi connectivity index (χ4n) is 2.47. The Kier molecular flexibility index (Phi) is 5.54. The highest BCUT2D eigenvalue weighted by Gasteiger charge is 2.27. The molecule has 0 bridgehead atoms. The quantitative estimate of drug-likeness (QED) is 0.772. The number of aliphatic hydroxyl groups excluding tert-OH is 1. The van der Waals surface area contributed by atoms with Gasteiger partial charge < -0.3 is 10.4 Å². The highest BCUT2D eigenvalue weighted by atomic mass is 32.2. The van der Waals surface area contributed by atoms with Crippen molar-refractivity contribution in [1.82, 2.24) is 9.62 Å². The van der Waals surface area contributed by atoms with Crippen LogP contribution in [0.3, 0.4) is 0 Å². The van der Waals surface area contributed by atoms with Gasteiger partial charge in [-0.3, -0.25) is 0 Å². The van der Waals surface area contributed by atoms with Crippen molar-refractivity contribution in [3.8, 4) is 0 Å². The third-order valence-corrected chi connectivity index (χ3v) is 5.44. The van der Waals surface area contributed by atoms with Gasteiger partial charge in [-0.05, 0) is 24.9 Å². The van der Waals surface area contributed by atoms with E-state index in [1.807, 2.05) is 30.3 Å². The summed E-state index contributed by atoms with van der Waals surface area (Å²) in [5, 5.41) is 12.3. The molecule has 20 heavy (non-hydrogen) atoms. The van der Waals surface area contributed by atoms with Gasteiger partial charge in [-0.2, -0.15) is 4.31 Å². The third-order valence-electron chi connectivity index (χ3n) is 3.52. The molecule has 6 heteroatoms. The van der Waals surface area contributed by atoms with Gasteiger partial charge in [-0.15, -0.1) is 0 Å². The smallest absolute Gasteiger partial charge is 0.216 e. The first-order valence-corrected chi connectivity index (χ1v) is 8.59. The predicted octanol–water partition coefficient (Wildman–Crippen LogP) is 0.563. The molecular weight excluding hydrogens is 276 g/mol. The first-order chi connectivity index (χ1) is 9.62. The topological polar surface area (TPSA) is 69.6 Å². The largest absolute Gasteiger partial charge is 0.395 e. The van der Waals surface area contributed by atoms with E-state index in [0.717, 1.165) is 24.9 Å². The first kappa shape index (κ1) is 15.4. The van der Waals surface area contributed by atoms with Crippen molar-refractivity contribution in [2.24, 2.45) is 0 Å². The Bertz CT molecular complexity index is 498. The maximum absolute atomic E-state index is 12.5. The van der Waals surface area contributed by atoms with Gasteiger partial charge in [0.25, 0.3) is 0 Å². The van der Waals surface area contributed by atoms with Crippen LogP contribution in [0.4, 0.5) is 0 Å². The van der Waals surface area contributed by atoms with Gasteiger partial charge in [0, 0.05) is 19.1 Å². The summed E-state index contributed by atoms with van der Waals surface area (Å²) in [6.07, 6.45) is 1.93. The summed E-state index contributed by atoms with van der Waals surface area (Å²) in [4.78, 5) is 0. The fourth-order valence-corrected chi connectivity index (χ4v) is 4.18. The number of hydrogen-bond acceptors (Lipinski definition) is 4. The van der Waals surface area contributed by atoms with E-state index in [4.69, 9.17) is 5.11 Å². The van der Waals surface area contributed by atoms with E-state index in [1.165, 1.54) is 4.31 Å². The van der Waals surface area contributed by atoms with Crippen LogP contribution in [-0.2, 0) is 16.6 Å². The van der Waals surface area contributed by atoms with Crippen LogP contribution in [0.5, 0.6) is 0 Å². The number of aliphatic hydroxyl groups is 1. The maximum Gasteiger partial charge on any atom is 0.216 e. The molecule has 1 aliphatic heterocycles. The summed E-state index contributed by atoms with van der Waals surface area (Å²) in [6.45, 7) is 1.18. The lowest BCUT2D eigenvalue weighted by Gasteiger charge is -2.23. The minimum Gasteiger partial charge on any atom is -0.395 e. The standard InChI is InChI=1S/C14H22N2O3S/c17-10-9-16(11-13-5-2-1-3-6-13)20(18,19)12-14-7-4-8-15-14/h1-3,5-6,14-15,17H,4,7-12H2. The summed E-state index contributed by atoms with van der Waals surface area (Å²) in [6, 6.07) is 9.50. The summed E-state index contributed by atoms with van der Waals surface area (Å²) in [5.41, 5.74) is 0.934. The minimum absolute atomic E-state index is 0.0389. The number of nitrogens with zero attached hydrogens (tertiary/aromatic N) is 1. The number of nitrogens with one attached hydrogen (secondary N) is 1. The van der Waals surface area contributed by atoms with Crippen LogP contribution >= 0.6 is 0 Å². The second-order valence-electron chi connectivity index (χ2n) is 5.11. The van der Waals surface area contributed by atoms with Gasteiger partial charge in [0.1, 0.15) is 0 Å². The Morgan fingerprint density at radius 1 is 1.30 bits per heavy atom. The zero-order chi connectivity index (χ0) is 14.4. The summed E-state index contributed by atoms with van der Waals surface area (Å²) in [7, 11) is -3.36. The molecule has 1 heterocycles. The van der Waals surface area contributed by atoms with Crippen molar-refractivity contribution in [2.45, 2.75) is 25.4 Å². The van der Waals surface area contributed by atoms with E-state index in [0.29, 0.717) is 6.54 Å². The Morgan fingerprint density at radius 2 is 2.05 bits per heavy atom. The molecule has 1 aliphatic rings. The molecule has 0 spiro atoms. The van der Waals surface area contributed by atoms with E-state index >= 15 is 0 Å². The zero-order valence-corrected chi connectivity index (χ0v) is 12.3. The molecule has 1 saturated heterocycles. The molecule has 1 atom stereocenters. The molecular formula is C14H22N2O3S. The zero-order valence-electron chi connectivity index (χ0n) is 11.5. The van der Waals surface area contributed by atoms with Crippen LogP contribution in [0.1, 0.15) is 18.4 Å². The van der Waals surface area contributed by atoms with Gasteiger partial charge in [-0.1, -0.05) is 30.3 Å². The van der Waals surface area contributed by atoms with Gasteiger partial charge >= 0.3 is 0 Å². The molecule has 0 radical (unpaired) electrons. The lowest BCUT2D eigenvalue weighted by atomic mass is 10.2. The molecule has 0 amide bonds. The molecule has 2 N–H and O–H groups in total. The summed E-state index contributed by atoms with van der Waals surface area (Å²) in [5.74, 6) is 0.111. The molecule has 1 fully saturated rings. The molecule has 1 aromatic rings. The Balaban J connectivity index is 2.06. The number of sulfonamides is 1. The van der Waals surface area contributed by atoms with Crippen molar-refractivity contribution < 1.29 is 13.5 Å². The molecule has 0 aliphatic carbocycles. The maximum atomic E-state index is 12.5. The van der Waals surface area contributed by atoms with E-state index in [2.05, 4.69) is 5.32 Å². The van der Waals surface area contributed by atoms with Gasteiger partial charge in [0.2, 0.25) is 10.0 Å². The molecule has 1 aromatic carbocycles. The van der Waals surface area contributed by atoms with Crippen LogP contribution in [-0.4, -0.2) is 49.3 Å². The van der Waals surface area contributed by atoms with Gasteiger partial charge in [0.05, 0.1) is 12.4 Å². The molecule has 5 nitrogen and oxygen atoms in total. The SMILES string of the molecule is O=S(=O)(CC1CCCN1)N(CCO)Cc1ccccc1. The summed E-state index contributed by atoms with van der Waals surface area (Å²) < 4.78 is 26.3. The lowest BCUT2D eigenvalue weighted by molar-refractivity contribution is 0.250. The van der Waals surface area contributed by atoms with Crippen LogP contribution in [0, 0.1) is 0 Å². The second-order valence-corrected chi connectivity index (χ2v) is 7.13. The normalized spacial score (nSPS) is 19.6. The average molecular weight is 298 g/mol. The monoisotopic (exact) mass is 298 g/mol. The van der Waals surface area contributed by atoms with Gasteiger partial charge in [0.15, 0.2) is 0 Å². The van der Waals surface area contributed by atoms with Crippen LogP contribution in [0.15, 0.2) is 30.3 Å². The van der Waals surface area contributed by atoms with Gasteiger partial charge in [-0.25, -0.2) is 8.42 Å². The van der Waals surface area contributed by atoms with Crippen molar-refractivity contribution in [1.29, 1.82) is 0 Å². The van der Waals surface area contributed by atoms with Crippen molar-refractivity contribution >= 4 is 10.0 Å². The molecule has 1 unspecified atom stereocenters. The molecule has 2 rings (SSSR count). The minimum atomic E-state index is -3.36. The number of hydrogen-bond donors (Lipinski definition) is 2. The Morgan fingerprint density at radius 3 is 2.65 bits per heavy atom. The van der Waals surface area contributed by atoms with E-state index < -0.39 is 10.0 Å². The lowest BCUT2D eigenvalue weighted by Crippen LogP contribution is -2.40. The van der Waals surface area contributed by atoms with Crippen molar-refractivity contribution in [3.63, 3.8) is 0 Å². The Labute approximate surface area is 120 Å².